The number of pyridine rings is 1. The van der Waals surface area contributed by atoms with Gasteiger partial charge in [0.25, 0.3) is 0 Å². The first kappa shape index (κ1) is 14.3. The molecule has 4 nitrogen and oxygen atoms in total. The third-order valence-corrected chi connectivity index (χ3v) is 4.17. The summed E-state index contributed by atoms with van der Waals surface area (Å²) in [5, 5.41) is 10.7. The average Bonchev–Trinajstić information content (AvgIpc) is 2.53. The molecule has 3 rings (SSSR count). The Morgan fingerprint density at radius 1 is 1.24 bits per heavy atom. The van der Waals surface area contributed by atoms with Crippen molar-refractivity contribution in [3.05, 3.63) is 40.0 Å². The van der Waals surface area contributed by atoms with Gasteiger partial charge < -0.3 is 9.84 Å². The molecular formula is C16H16ClNO3. The van der Waals surface area contributed by atoms with Crippen molar-refractivity contribution in [2.24, 2.45) is 0 Å². The number of hydrogen-bond acceptors (Lipinski definition) is 3. The van der Waals surface area contributed by atoms with Crippen LogP contribution in [0, 0.1) is 0 Å². The molecule has 0 bridgehead atoms. The highest BCUT2D eigenvalue weighted by molar-refractivity contribution is 6.35. The minimum atomic E-state index is -0.990. The fraction of sp³-hybridized carbons (Fsp3) is 0.375. The standard InChI is InChI=1S/C16H16ClNO3/c1-15(2)11-10(14(19)20)8-6-5-7-9(17)12(8)18-13(11)16(3,4)21-15/h5-7H,1-4H3,(H,19,20). The maximum atomic E-state index is 11.9. The van der Waals surface area contributed by atoms with Gasteiger partial charge >= 0.3 is 5.97 Å². The molecule has 21 heavy (non-hydrogen) atoms. The highest BCUT2D eigenvalue weighted by atomic mass is 35.5. The van der Waals surface area contributed by atoms with Crippen LogP contribution in [0.5, 0.6) is 0 Å². The van der Waals surface area contributed by atoms with Crippen molar-refractivity contribution in [1.82, 2.24) is 4.98 Å². The molecule has 2 aromatic rings. The summed E-state index contributed by atoms with van der Waals surface area (Å²) >= 11 is 6.20. The Labute approximate surface area is 127 Å². The van der Waals surface area contributed by atoms with E-state index in [1.165, 1.54) is 0 Å². The minimum Gasteiger partial charge on any atom is -0.478 e. The molecule has 5 heteroatoms. The number of halogens is 1. The summed E-state index contributed by atoms with van der Waals surface area (Å²) in [6.07, 6.45) is 0. The lowest BCUT2D eigenvalue weighted by molar-refractivity contribution is -0.106. The molecule has 1 aliphatic heterocycles. The summed E-state index contributed by atoms with van der Waals surface area (Å²) in [7, 11) is 0. The predicted octanol–water partition coefficient (Wildman–Crippen LogP) is 4.09. The van der Waals surface area contributed by atoms with Crippen LogP contribution in [0.15, 0.2) is 18.2 Å². The van der Waals surface area contributed by atoms with Crippen LogP contribution < -0.4 is 0 Å². The number of aromatic nitrogens is 1. The van der Waals surface area contributed by atoms with E-state index in [4.69, 9.17) is 16.3 Å². The van der Waals surface area contributed by atoms with E-state index in [0.717, 1.165) is 0 Å². The van der Waals surface area contributed by atoms with Gasteiger partial charge in [0.15, 0.2) is 0 Å². The molecule has 0 fully saturated rings. The molecule has 1 N–H and O–H groups in total. The normalized spacial score (nSPS) is 18.7. The Balaban J connectivity index is 2.56. The van der Waals surface area contributed by atoms with Gasteiger partial charge in [0.2, 0.25) is 0 Å². The second-order valence-corrected chi connectivity index (χ2v) is 6.68. The molecule has 0 atom stereocenters. The Kier molecular flexibility index (Phi) is 2.85. The van der Waals surface area contributed by atoms with Crippen LogP contribution in [0.4, 0.5) is 0 Å². The van der Waals surface area contributed by atoms with Gasteiger partial charge in [-0.05, 0) is 33.8 Å². The molecule has 1 aromatic carbocycles. The lowest BCUT2D eigenvalue weighted by Gasteiger charge is -2.24. The number of para-hydroxylation sites is 1. The van der Waals surface area contributed by atoms with E-state index in [2.05, 4.69) is 4.98 Å². The molecular weight excluding hydrogens is 290 g/mol. The number of fused-ring (bicyclic) bond motifs is 2. The summed E-state index contributed by atoms with van der Waals surface area (Å²) in [5.74, 6) is -0.990. The largest absolute Gasteiger partial charge is 0.478 e. The lowest BCUT2D eigenvalue weighted by Crippen LogP contribution is -2.23. The SMILES string of the molecule is CC1(C)OC(C)(C)c2c1nc1c(Cl)cccc1c2C(=O)O. The van der Waals surface area contributed by atoms with Crippen molar-refractivity contribution in [2.75, 3.05) is 0 Å². The van der Waals surface area contributed by atoms with Crippen LogP contribution in [-0.4, -0.2) is 16.1 Å². The smallest absolute Gasteiger partial charge is 0.336 e. The van der Waals surface area contributed by atoms with Crippen LogP contribution in [0.2, 0.25) is 5.02 Å². The number of carboxylic acids is 1. The van der Waals surface area contributed by atoms with Crippen molar-refractivity contribution in [2.45, 2.75) is 38.9 Å². The molecule has 2 heterocycles. The predicted molar refractivity (Wildman–Crippen MR) is 80.8 cm³/mol. The number of carbonyl (C=O) groups is 1. The molecule has 0 amide bonds. The second kappa shape index (κ2) is 4.18. The Morgan fingerprint density at radius 3 is 2.52 bits per heavy atom. The summed E-state index contributed by atoms with van der Waals surface area (Å²) in [6.45, 7) is 7.51. The number of aromatic carboxylic acids is 1. The summed E-state index contributed by atoms with van der Waals surface area (Å²) in [5.41, 5.74) is 0.643. The summed E-state index contributed by atoms with van der Waals surface area (Å²) in [4.78, 5) is 16.5. The van der Waals surface area contributed by atoms with Crippen molar-refractivity contribution in [1.29, 1.82) is 0 Å². The van der Waals surface area contributed by atoms with Crippen molar-refractivity contribution in [3.8, 4) is 0 Å². The molecule has 0 saturated carbocycles. The van der Waals surface area contributed by atoms with Gasteiger partial charge in [0, 0.05) is 10.9 Å². The highest BCUT2D eigenvalue weighted by Gasteiger charge is 2.47. The minimum absolute atomic E-state index is 0.230. The van der Waals surface area contributed by atoms with Gasteiger partial charge in [0.1, 0.15) is 5.60 Å². The van der Waals surface area contributed by atoms with Gasteiger partial charge in [0.05, 0.1) is 27.4 Å². The number of hydrogen-bond donors (Lipinski definition) is 1. The third kappa shape index (κ3) is 1.93. The van der Waals surface area contributed by atoms with Gasteiger partial charge in [-0.3, -0.25) is 0 Å². The van der Waals surface area contributed by atoms with Gasteiger partial charge in [-0.25, -0.2) is 9.78 Å². The fourth-order valence-corrected chi connectivity index (χ4v) is 3.45. The molecule has 0 saturated heterocycles. The summed E-state index contributed by atoms with van der Waals surface area (Å²) < 4.78 is 6.04. The molecule has 0 radical (unpaired) electrons. The lowest BCUT2D eigenvalue weighted by atomic mass is 9.88. The van der Waals surface area contributed by atoms with Crippen LogP contribution in [-0.2, 0) is 15.9 Å². The van der Waals surface area contributed by atoms with Crippen LogP contribution in [0.1, 0.15) is 49.3 Å². The topological polar surface area (TPSA) is 59.4 Å². The number of rotatable bonds is 1. The number of benzene rings is 1. The molecule has 1 aliphatic rings. The van der Waals surface area contributed by atoms with Crippen molar-refractivity contribution < 1.29 is 14.6 Å². The molecule has 0 spiro atoms. The molecule has 0 unspecified atom stereocenters. The zero-order chi connectivity index (χ0) is 15.6. The Hall–Kier alpha value is -1.65. The quantitative estimate of drug-likeness (QED) is 0.862. The maximum Gasteiger partial charge on any atom is 0.336 e. The van der Waals surface area contributed by atoms with E-state index in [0.29, 0.717) is 27.2 Å². The fourth-order valence-electron chi connectivity index (χ4n) is 3.23. The van der Waals surface area contributed by atoms with Crippen molar-refractivity contribution in [3.63, 3.8) is 0 Å². The van der Waals surface area contributed by atoms with Gasteiger partial charge in [-0.15, -0.1) is 0 Å². The van der Waals surface area contributed by atoms with E-state index in [-0.39, 0.29) is 5.56 Å². The highest BCUT2D eigenvalue weighted by Crippen LogP contribution is 2.49. The molecule has 110 valence electrons. The zero-order valence-corrected chi connectivity index (χ0v) is 13.1. The number of carboxylic acid groups (broad SMARTS) is 1. The van der Waals surface area contributed by atoms with Crippen LogP contribution in [0.3, 0.4) is 0 Å². The maximum absolute atomic E-state index is 11.9. The molecule has 1 aromatic heterocycles. The zero-order valence-electron chi connectivity index (χ0n) is 12.3. The molecule has 0 aliphatic carbocycles. The average molecular weight is 306 g/mol. The van der Waals surface area contributed by atoms with E-state index < -0.39 is 17.2 Å². The van der Waals surface area contributed by atoms with Crippen LogP contribution >= 0.6 is 11.6 Å². The van der Waals surface area contributed by atoms with Crippen LogP contribution in [0.25, 0.3) is 10.9 Å². The van der Waals surface area contributed by atoms with E-state index in [1.54, 1.807) is 18.2 Å². The third-order valence-electron chi connectivity index (χ3n) is 3.86. The van der Waals surface area contributed by atoms with E-state index in [9.17, 15) is 9.90 Å². The van der Waals surface area contributed by atoms with Crippen molar-refractivity contribution >= 4 is 28.5 Å². The number of ether oxygens (including phenoxy) is 1. The summed E-state index contributed by atoms with van der Waals surface area (Å²) in [6, 6.07) is 5.18. The first-order chi connectivity index (χ1) is 9.65. The Bertz CT molecular complexity index is 781. The Morgan fingerprint density at radius 2 is 1.90 bits per heavy atom. The van der Waals surface area contributed by atoms with E-state index >= 15 is 0 Å². The first-order valence-corrected chi connectivity index (χ1v) is 7.09. The van der Waals surface area contributed by atoms with E-state index in [1.807, 2.05) is 27.7 Å². The monoisotopic (exact) mass is 305 g/mol. The first-order valence-electron chi connectivity index (χ1n) is 6.72. The second-order valence-electron chi connectivity index (χ2n) is 6.27. The van der Waals surface area contributed by atoms with Gasteiger partial charge in [-0.1, -0.05) is 23.7 Å². The van der Waals surface area contributed by atoms with Gasteiger partial charge in [-0.2, -0.15) is 0 Å². The number of nitrogens with zero attached hydrogens (tertiary/aromatic N) is 1.